The molecule has 0 saturated carbocycles. The van der Waals surface area contributed by atoms with E-state index < -0.39 is 0 Å². The SMILES string of the molecule is COc1ccc(NC(=O)N2CCCC2CCCO)cc1. The number of rotatable bonds is 5. The summed E-state index contributed by atoms with van der Waals surface area (Å²) in [6.07, 6.45) is 3.67. The van der Waals surface area contributed by atoms with Crippen LogP contribution in [0.2, 0.25) is 0 Å². The number of carbonyl (C=O) groups excluding carboxylic acids is 1. The van der Waals surface area contributed by atoms with Gasteiger partial charge in [-0.3, -0.25) is 0 Å². The van der Waals surface area contributed by atoms with Gasteiger partial charge in [0.25, 0.3) is 0 Å². The minimum atomic E-state index is -0.0596. The molecule has 1 aromatic rings. The molecule has 1 heterocycles. The second-order valence-corrected chi connectivity index (χ2v) is 5.01. The lowest BCUT2D eigenvalue weighted by molar-refractivity contribution is 0.197. The number of benzene rings is 1. The van der Waals surface area contributed by atoms with Crippen molar-refractivity contribution in [1.82, 2.24) is 4.90 Å². The molecule has 1 unspecified atom stereocenters. The van der Waals surface area contributed by atoms with Gasteiger partial charge in [-0.05, 0) is 49.9 Å². The maximum absolute atomic E-state index is 12.3. The summed E-state index contributed by atoms with van der Waals surface area (Å²) in [5.41, 5.74) is 0.767. The smallest absolute Gasteiger partial charge is 0.322 e. The Kier molecular flexibility index (Phi) is 5.24. The van der Waals surface area contributed by atoms with E-state index in [4.69, 9.17) is 9.84 Å². The average Bonchev–Trinajstić information content (AvgIpc) is 2.94. The largest absolute Gasteiger partial charge is 0.497 e. The van der Waals surface area contributed by atoms with E-state index in [-0.39, 0.29) is 18.7 Å². The predicted octanol–water partition coefficient (Wildman–Crippen LogP) is 2.46. The van der Waals surface area contributed by atoms with Crippen LogP contribution < -0.4 is 10.1 Å². The molecule has 5 heteroatoms. The number of carbonyl (C=O) groups is 1. The van der Waals surface area contributed by atoms with Crippen molar-refractivity contribution in [2.45, 2.75) is 31.7 Å². The Morgan fingerprint density at radius 1 is 1.45 bits per heavy atom. The van der Waals surface area contributed by atoms with Crippen LogP contribution in [0.25, 0.3) is 0 Å². The molecule has 1 atom stereocenters. The van der Waals surface area contributed by atoms with Crippen LogP contribution in [0.4, 0.5) is 10.5 Å². The fourth-order valence-electron chi connectivity index (χ4n) is 2.60. The van der Waals surface area contributed by atoms with Gasteiger partial charge in [0.05, 0.1) is 7.11 Å². The first-order chi connectivity index (χ1) is 9.74. The van der Waals surface area contributed by atoms with Gasteiger partial charge in [-0.2, -0.15) is 0 Å². The van der Waals surface area contributed by atoms with Crippen molar-refractivity contribution in [2.75, 3.05) is 25.6 Å². The number of nitrogens with zero attached hydrogens (tertiary/aromatic N) is 1. The van der Waals surface area contributed by atoms with Gasteiger partial charge in [0.2, 0.25) is 0 Å². The summed E-state index contributed by atoms with van der Waals surface area (Å²) >= 11 is 0. The van der Waals surface area contributed by atoms with Gasteiger partial charge in [-0.25, -0.2) is 4.79 Å². The van der Waals surface area contributed by atoms with E-state index in [0.717, 1.165) is 43.7 Å². The molecule has 1 fully saturated rings. The summed E-state index contributed by atoms with van der Waals surface area (Å²) in [6, 6.07) is 7.49. The minimum Gasteiger partial charge on any atom is -0.497 e. The van der Waals surface area contributed by atoms with Crippen molar-refractivity contribution in [2.24, 2.45) is 0 Å². The van der Waals surface area contributed by atoms with Gasteiger partial charge < -0.3 is 20.1 Å². The number of ether oxygens (including phenoxy) is 1. The number of hydrogen-bond acceptors (Lipinski definition) is 3. The molecule has 1 saturated heterocycles. The number of hydrogen-bond donors (Lipinski definition) is 2. The van der Waals surface area contributed by atoms with Crippen molar-refractivity contribution in [3.8, 4) is 5.75 Å². The maximum atomic E-state index is 12.3. The van der Waals surface area contributed by atoms with Crippen LogP contribution in [0.5, 0.6) is 5.75 Å². The van der Waals surface area contributed by atoms with Gasteiger partial charge >= 0.3 is 6.03 Å². The molecule has 1 aromatic carbocycles. The zero-order chi connectivity index (χ0) is 14.4. The monoisotopic (exact) mass is 278 g/mol. The van der Waals surface area contributed by atoms with E-state index >= 15 is 0 Å². The van der Waals surface area contributed by atoms with E-state index in [0.29, 0.717) is 0 Å². The van der Waals surface area contributed by atoms with E-state index in [1.807, 2.05) is 29.2 Å². The minimum absolute atomic E-state index is 0.0596. The topological polar surface area (TPSA) is 61.8 Å². The lowest BCUT2D eigenvalue weighted by atomic mass is 10.1. The van der Waals surface area contributed by atoms with E-state index in [9.17, 15) is 4.79 Å². The van der Waals surface area contributed by atoms with Crippen LogP contribution in [0, 0.1) is 0 Å². The number of anilines is 1. The maximum Gasteiger partial charge on any atom is 0.322 e. The Morgan fingerprint density at radius 2 is 2.20 bits per heavy atom. The molecule has 2 rings (SSSR count). The highest BCUT2D eigenvalue weighted by Crippen LogP contribution is 2.23. The first-order valence-corrected chi connectivity index (χ1v) is 7.07. The summed E-state index contributed by atoms with van der Waals surface area (Å²) in [5, 5.41) is 11.8. The highest BCUT2D eigenvalue weighted by atomic mass is 16.5. The normalized spacial score (nSPS) is 18.1. The summed E-state index contributed by atoms with van der Waals surface area (Å²) in [5.74, 6) is 0.769. The fraction of sp³-hybridized carbons (Fsp3) is 0.533. The summed E-state index contributed by atoms with van der Waals surface area (Å²) in [7, 11) is 1.61. The molecule has 1 aliphatic heterocycles. The van der Waals surface area contributed by atoms with Crippen LogP contribution in [-0.4, -0.2) is 42.3 Å². The van der Waals surface area contributed by atoms with Crippen molar-refractivity contribution >= 4 is 11.7 Å². The van der Waals surface area contributed by atoms with E-state index in [1.165, 1.54) is 0 Å². The molecule has 5 nitrogen and oxygen atoms in total. The number of likely N-dealkylation sites (tertiary alicyclic amines) is 1. The number of urea groups is 1. The van der Waals surface area contributed by atoms with Crippen LogP contribution in [0.3, 0.4) is 0 Å². The lowest BCUT2D eigenvalue weighted by Crippen LogP contribution is -2.38. The van der Waals surface area contributed by atoms with Gasteiger partial charge in [-0.15, -0.1) is 0 Å². The molecule has 2 amide bonds. The standard InChI is InChI=1S/C15H22N2O3/c1-20-14-8-6-12(7-9-14)16-15(19)17-10-2-4-13(17)5-3-11-18/h6-9,13,18H,2-5,10-11H2,1H3,(H,16,19). The third-order valence-electron chi connectivity index (χ3n) is 3.67. The Labute approximate surface area is 119 Å². The van der Waals surface area contributed by atoms with Gasteiger partial charge in [0.15, 0.2) is 0 Å². The molecule has 1 aliphatic rings. The average molecular weight is 278 g/mol. The van der Waals surface area contributed by atoms with Crippen molar-refractivity contribution < 1.29 is 14.6 Å². The molecule has 20 heavy (non-hydrogen) atoms. The van der Waals surface area contributed by atoms with Crippen molar-refractivity contribution in [3.63, 3.8) is 0 Å². The molecule has 0 aliphatic carbocycles. The molecule has 110 valence electrons. The van der Waals surface area contributed by atoms with E-state index in [2.05, 4.69) is 5.32 Å². The highest BCUT2D eigenvalue weighted by molar-refractivity contribution is 5.89. The molecule has 2 N–H and O–H groups in total. The second kappa shape index (κ2) is 7.14. The number of aliphatic hydroxyl groups is 1. The van der Waals surface area contributed by atoms with Crippen molar-refractivity contribution in [1.29, 1.82) is 0 Å². The Morgan fingerprint density at radius 3 is 2.85 bits per heavy atom. The van der Waals surface area contributed by atoms with Crippen LogP contribution in [-0.2, 0) is 0 Å². The molecule has 0 aromatic heterocycles. The van der Waals surface area contributed by atoms with E-state index in [1.54, 1.807) is 7.11 Å². The second-order valence-electron chi connectivity index (χ2n) is 5.01. The number of aliphatic hydroxyl groups excluding tert-OH is 1. The number of amides is 2. The summed E-state index contributed by atoms with van der Waals surface area (Å²) in [4.78, 5) is 14.1. The van der Waals surface area contributed by atoms with Crippen molar-refractivity contribution in [3.05, 3.63) is 24.3 Å². The van der Waals surface area contributed by atoms with Crippen LogP contribution in [0.1, 0.15) is 25.7 Å². The van der Waals surface area contributed by atoms with Crippen LogP contribution in [0.15, 0.2) is 24.3 Å². The third kappa shape index (κ3) is 3.63. The number of methoxy groups -OCH3 is 1. The lowest BCUT2D eigenvalue weighted by Gasteiger charge is -2.24. The highest BCUT2D eigenvalue weighted by Gasteiger charge is 2.28. The van der Waals surface area contributed by atoms with Gasteiger partial charge in [-0.1, -0.05) is 0 Å². The zero-order valence-electron chi connectivity index (χ0n) is 11.8. The van der Waals surface area contributed by atoms with Crippen LogP contribution >= 0.6 is 0 Å². The number of nitrogens with one attached hydrogen (secondary N) is 1. The Bertz CT molecular complexity index is 433. The van der Waals surface area contributed by atoms with Gasteiger partial charge in [0, 0.05) is 24.9 Å². The Balaban J connectivity index is 1.92. The molecule has 0 bridgehead atoms. The fourth-order valence-corrected chi connectivity index (χ4v) is 2.60. The summed E-state index contributed by atoms with van der Waals surface area (Å²) < 4.78 is 5.09. The molecule has 0 spiro atoms. The zero-order valence-corrected chi connectivity index (χ0v) is 11.8. The molecular weight excluding hydrogens is 256 g/mol. The summed E-state index contributed by atoms with van der Waals surface area (Å²) in [6.45, 7) is 0.975. The Hall–Kier alpha value is -1.75. The predicted molar refractivity (Wildman–Crippen MR) is 78.1 cm³/mol. The quantitative estimate of drug-likeness (QED) is 0.869. The molecular formula is C15H22N2O3. The van der Waals surface area contributed by atoms with Gasteiger partial charge in [0.1, 0.15) is 5.75 Å². The first-order valence-electron chi connectivity index (χ1n) is 7.07. The first kappa shape index (κ1) is 14.7. The molecule has 0 radical (unpaired) electrons. The third-order valence-corrected chi connectivity index (χ3v) is 3.67.